The molecule has 0 N–H and O–H groups in total. The molecule has 0 radical (unpaired) electrons. The van der Waals surface area contributed by atoms with Crippen LogP contribution >= 0.6 is 11.3 Å². The molecule has 0 fully saturated rings. The van der Waals surface area contributed by atoms with E-state index in [1.165, 1.54) is 11.3 Å². The second-order valence-electron chi connectivity index (χ2n) is 6.12. The number of para-hydroxylation sites is 1. The van der Waals surface area contributed by atoms with E-state index in [-0.39, 0.29) is 11.7 Å². The zero-order valence-corrected chi connectivity index (χ0v) is 16.9. The lowest BCUT2D eigenvalue weighted by Gasteiger charge is -2.23. The highest BCUT2D eigenvalue weighted by molar-refractivity contribution is 7.22. The van der Waals surface area contributed by atoms with Crippen molar-refractivity contribution in [2.45, 2.75) is 20.8 Å². The third-order valence-electron chi connectivity index (χ3n) is 4.44. The van der Waals surface area contributed by atoms with Gasteiger partial charge in [-0.3, -0.25) is 9.69 Å². The Balaban J connectivity index is 1.97. The van der Waals surface area contributed by atoms with Crippen molar-refractivity contribution in [3.05, 3.63) is 35.7 Å². The van der Waals surface area contributed by atoms with E-state index < -0.39 is 0 Å². The number of hydrogen-bond donors (Lipinski definition) is 0. The molecule has 2 aromatic heterocycles. The SMILES string of the molecule is CCN(CC)CCN(C(=O)c1cc(C)no1)c1nc2c(OC)cccc2s1. The van der Waals surface area contributed by atoms with Crippen molar-refractivity contribution in [1.29, 1.82) is 0 Å². The van der Waals surface area contributed by atoms with Crippen LogP contribution in [-0.2, 0) is 0 Å². The smallest absolute Gasteiger partial charge is 0.298 e. The maximum atomic E-state index is 13.1. The molecule has 3 aromatic rings. The van der Waals surface area contributed by atoms with E-state index >= 15 is 0 Å². The van der Waals surface area contributed by atoms with Crippen LogP contribution < -0.4 is 9.64 Å². The molecule has 1 aromatic carbocycles. The van der Waals surface area contributed by atoms with Gasteiger partial charge < -0.3 is 14.2 Å². The van der Waals surface area contributed by atoms with Crippen LogP contribution in [0.3, 0.4) is 0 Å². The number of aromatic nitrogens is 2. The lowest BCUT2D eigenvalue weighted by Crippen LogP contribution is -2.38. The third kappa shape index (κ3) is 4.12. The van der Waals surface area contributed by atoms with E-state index in [0.717, 1.165) is 29.9 Å². The summed E-state index contributed by atoms with van der Waals surface area (Å²) in [5.74, 6) is 0.681. The molecule has 0 atom stereocenters. The minimum absolute atomic E-state index is 0.221. The van der Waals surface area contributed by atoms with E-state index in [0.29, 0.717) is 23.1 Å². The number of carbonyl (C=O) groups is 1. The predicted octanol–water partition coefficient (Wildman–Crippen LogP) is 3.59. The number of aryl methyl sites for hydroxylation is 1. The number of fused-ring (bicyclic) bond motifs is 1. The summed E-state index contributed by atoms with van der Waals surface area (Å²) in [6.45, 7) is 9.13. The lowest BCUT2D eigenvalue weighted by molar-refractivity contribution is 0.0948. The molecule has 144 valence electrons. The van der Waals surface area contributed by atoms with E-state index in [1.54, 1.807) is 25.0 Å². The predicted molar refractivity (Wildman–Crippen MR) is 107 cm³/mol. The summed E-state index contributed by atoms with van der Waals surface area (Å²) in [4.78, 5) is 21.7. The van der Waals surface area contributed by atoms with Crippen molar-refractivity contribution < 1.29 is 14.1 Å². The largest absolute Gasteiger partial charge is 0.494 e. The van der Waals surface area contributed by atoms with E-state index in [4.69, 9.17) is 9.26 Å². The highest BCUT2D eigenvalue weighted by Gasteiger charge is 2.25. The van der Waals surface area contributed by atoms with Crippen molar-refractivity contribution in [1.82, 2.24) is 15.0 Å². The Morgan fingerprint density at radius 1 is 1.26 bits per heavy atom. The van der Waals surface area contributed by atoms with Gasteiger partial charge in [0.25, 0.3) is 5.91 Å². The number of nitrogens with zero attached hydrogens (tertiary/aromatic N) is 4. The fourth-order valence-corrected chi connectivity index (χ4v) is 3.86. The van der Waals surface area contributed by atoms with E-state index in [2.05, 4.69) is 28.9 Å². The minimum Gasteiger partial charge on any atom is -0.494 e. The molecule has 0 aliphatic heterocycles. The molecule has 3 rings (SSSR count). The average Bonchev–Trinajstić information content (AvgIpc) is 3.30. The Labute approximate surface area is 162 Å². The van der Waals surface area contributed by atoms with Crippen LogP contribution in [-0.4, -0.2) is 54.2 Å². The minimum atomic E-state index is -0.235. The van der Waals surface area contributed by atoms with Gasteiger partial charge in [0.1, 0.15) is 11.3 Å². The highest BCUT2D eigenvalue weighted by atomic mass is 32.1. The number of hydrogen-bond acceptors (Lipinski definition) is 7. The lowest BCUT2D eigenvalue weighted by atomic mass is 10.3. The Bertz CT molecular complexity index is 917. The van der Waals surface area contributed by atoms with Crippen molar-refractivity contribution >= 4 is 32.6 Å². The van der Waals surface area contributed by atoms with Gasteiger partial charge in [0.05, 0.1) is 17.5 Å². The first-order valence-corrected chi connectivity index (χ1v) is 9.80. The summed E-state index contributed by atoms with van der Waals surface area (Å²) in [5.41, 5.74) is 1.43. The van der Waals surface area contributed by atoms with E-state index in [9.17, 15) is 4.79 Å². The second-order valence-corrected chi connectivity index (χ2v) is 7.13. The summed E-state index contributed by atoms with van der Waals surface area (Å²) >= 11 is 1.46. The first kappa shape index (κ1) is 19.3. The van der Waals surface area contributed by atoms with Crippen LogP contribution in [0.4, 0.5) is 5.13 Å². The number of rotatable bonds is 8. The topological polar surface area (TPSA) is 71.7 Å². The molecule has 27 heavy (non-hydrogen) atoms. The second kappa shape index (κ2) is 8.49. The molecule has 0 aliphatic carbocycles. The number of thiazole rings is 1. The molecule has 0 aliphatic rings. The maximum absolute atomic E-state index is 13.1. The fourth-order valence-electron chi connectivity index (χ4n) is 2.85. The van der Waals surface area contributed by atoms with Crippen LogP contribution in [0, 0.1) is 6.92 Å². The normalized spacial score (nSPS) is 11.3. The molecular weight excluding hydrogens is 364 g/mol. The van der Waals surface area contributed by atoms with Crippen LogP contribution in [0.5, 0.6) is 5.75 Å². The Hall–Kier alpha value is -2.45. The third-order valence-corrected chi connectivity index (χ3v) is 5.48. The highest BCUT2D eigenvalue weighted by Crippen LogP contribution is 2.34. The summed E-state index contributed by atoms with van der Waals surface area (Å²) < 4.78 is 11.6. The van der Waals surface area contributed by atoms with Gasteiger partial charge in [0, 0.05) is 19.2 Å². The Kier molecular flexibility index (Phi) is 6.08. The average molecular weight is 388 g/mol. The molecule has 0 saturated carbocycles. The molecule has 8 heteroatoms. The summed E-state index contributed by atoms with van der Waals surface area (Å²) in [7, 11) is 1.62. The van der Waals surface area contributed by atoms with Crippen molar-refractivity contribution in [3.63, 3.8) is 0 Å². The quantitative estimate of drug-likeness (QED) is 0.587. The molecule has 0 bridgehead atoms. The van der Waals surface area contributed by atoms with Crippen molar-refractivity contribution in [2.24, 2.45) is 0 Å². The van der Waals surface area contributed by atoms with Gasteiger partial charge in [-0.05, 0) is 32.1 Å². The van der Waals surface area contributed by atoms with Gasteiger partial charge in [0.2, 0.25) is 5.76 Å². The monoisotopic (exact) mass is 388 g/mol. The molecule has 1 amide bonds. The van der Waals surface area contributed by atoms with Gasteiger partial charge in [-0.1, -0.05) is 36.4 Å². The van der Waals surface area contributed by atoms with Gasteiger partial charge >= 0.3 is 0 Å². The fraction of sp³-hybridized carbons (Fsp3) is 0.421. The van der Waals surface area contributed by atoms with Crippen molar-refractivity contribution in [3.8, 4) is 5.75 Å². The van der Waals surface area contributed by atoms with E-state index in [1.807, 2.05) is 18.2 Å². The molecule has 0 unspecified atom stereocenters. The number of benzene rings is 1. The molecule has 0 saturated heterocycles. The Morgan fingerprint density at radius 3 is 2.67 bits per heavy atom. The van der Waals surface area contributed by atoms with Crippen LogP contribution in [0.15, 0.2) is 28.8 Å². The Morgan fingerprint density at radius 2 is 2.04 bits per heavy atom. The summed E-state index contributed by atoms with van der Waals surface area (Å²) in [5, 5.41) is 4.47. The molecular formula is C19H24N4O3S. The number of amides is 1. The standard InChI is InChI=1S/C19H24N4O3S/c1-5-22(6-2)10-11-23(18(24)15-12-13(3)21-26-15)19-20-17-14(25-4)8-7-9-16(17)27-19/h7-9,12H,5-6,10-11H2,1-4H3. The van der Waals surface area contributed by atoms with Crippen molar-refractivity contribution in [2.75, 3.05) is 38.2 Å². The van der Waals surface area contributed by atoms with Gasteiger partial charge in [-0.25, -0.2) is 4.98 Å². The first-order valence-electron chi connectivity index (χ1n) is 8.98. The first-order chi connectivity index (χ1) is 13.1. The van der Waals surface area contributed by atoms with Crippen LogP contribution in [0.2, 0.25) is 0 Å². The van der Waals surface area contributed by atoms with Crippen LogP contribution in [0.1, 0.15) is 30.1 Å². The maximum Gasteiger partial charge on any atom is 0.298 e. The van der Waals surface area contributed by atoms with Crippen LogP contribution in [0.25, 0.3) is 10.2 Å². The van der Waals surface area contributed by atoms with Gasteiger partial charge in [-0.2, -0.15) is 0 Å². The molecule has 2 heterocycles. The van der Waals surface area contributed by atoms with Gasteiger partial charge in [-0.15, -0.1) is 0 Å². The number of anilines is 1. The summed E-state index contributed by atoms with van der Waals surface area (Å²) in [6, 6.07) is 7.42. The zero-order valence-electron chi connectivity index (χ0n) is 16.1. The molecule has 0 spiro atoms. The number of likely N-dealkylation sites (N-methyl/N-ethyl adjacent to an activating group) is 1. The molecule has 7 nitrogen and oxygen atoms in total. The number of ether oxygens (including phenoxy) is 1. The number of methoxy groups -OCH3 is 1. The summed E-state index contributed by atoms with van der Waals surface area (Å²) in [6.07, 6.45) is 0. The number of carbonyl (C=O) groups excluding carboxylic acids is 1. The zero-order chi connectivity index (χ0) is 19.4. The van der Waals surface area contributed by atoms with Gasteiger partial charge in [0.15, 0.2) is 5.13 Å².